The number of unbranched alkanes of at least 4 members (excludes halogenated alkanes) is 1. The maximum atomic E-state index is 13.4. The lowest BCUT2D eigenvalue weighted by atomic mass is 9.95. The van der Waals surface area contributed by atoms with Gasteiger partial charge in [0.25, 0.3) is 5.78 Å². The quantitative estimate of drug-likeness (QED) is 0.112. The Morgan fingerprint density at radius 1 is 1.05 bits per heavy atom. The van der Waals surface area contributed by atoms with Crippen molar-refractivity contribution in [1.82, 2.24) is 4.98 Å². The summed E-state index contributed by atoms with van der Waals surface area (Å²) in [7, 11) is 0. The van der Waals surface area contributed by atoms with Crippen molar-refractivity contribution in [3.8, 4) is 5.75 Å². The van der Waals surface area contributed by atoms with E-state index in [1.165, 1.54) is 16.2 Å². The van der Waals surface area contributed by atoms with Crippen molar-refractivity contribution < 1.29 is 19.4 Å². The zero-order valence-corrected chi connectivity index (χ0v) is 22.1. The Labute approximate surface area is 227 Å². The predicted molar refractivity (Wildman–Crippen MR) is 148 cm³/mol. The molecule has 1 fully saturated rings. The molecule has 9 heteroatoms. The minimum atomic E-state index is -0.915. The van der Waals surface area contributed by atoms with Gasteiger partial charge in [-0.05, 0) is 66.6 Å². The molecule has 1 aliphatic rings. The Balaban J connectivity index is 1.67. The SMILES string of the molecule is CCCCOc1cccc(C2/C(=C(\O)c3ccc(Cl)cc3)C(=O)C(=O)N2c2nc3ccc(Cl)cc3s2)c1. The molecule has 188 valence electrons. The number of aliphatic hydroxyl groups excluding tert-OH is 1. The largest absolute Gasteiger partial charge is 0.507 e. The van der Waals surface area contributed by atoms with Crippen LogP contribution >= 0.6 is 34.5 Å². The van der Waals surface area contributed by atoms with E-state index >= 15 is 0 Å². The van der Waals surface area contributed by atoms with Gasteiger partial charge in [-0.25, -0.2) is 4.98 Å². The number of carbonyl (C=O) groups excluding carboxylic acids is 2. The fraction of sp³-hybridized carbons (Fsp3) is 0.179. The van der Waals surface area contributed by atoms with Gasteiger partial charge in [0.1, 0.15) is 11.5 Å². The van der Waals surface area contributed by atoms with E-state index < -0.39 is 17.7 Å². The summed E-state index contributed by atoms with van der Waals surface area (Å²) in [6.07, 6.45) is 1.89. The third-order valence-corrected chi connectivity index (χ3v) is 7.55. The summed E-state index contributed by atoms with van der Waals surface area (Å²) in [5, 5.41) is 12.6. The van der Waals surface area contributed by atoms with Gasteiger partial charge in [0, 0.05) is 15.6 Å². The van der Waals surface area contributed by atoms with E-state index in [9.17, 15) is 14.7 Å². The Kier molecular flexibility index (Phi) is 7.20. The monoisotopic (exact) mass is 552 g/mol. The molecule has 0 aliphatic carbocycles. The number of hydrogen-bond donors (Lipinski definition) is 1. The number of fused-ring (bicyclic) bond motifs is 1. The molecule has 0 spiro atoms. The van der Waals surface area contributed by atoms with Gasteiger partial charge < -0.3 is 9.84 Å². The van der Waals surface area contributed by atoms with Crippen LogP contribution in [0.25, 0.3) is 16.0 Å². The number of anilines is 1. The molecule has 37 heavy (non-hydrogen) atoms. The fourth-order valence-corrected chi connectivity index (χ4v) is 5.60. The van der Waals surface area contributed by atoms with Crippen LogP contribution in [0.5, 0.6) is 5.75 Å². The molecular weight excluding hydrogens is 531 g/mol. The van der Waals surface area contributed by atoms with Crippen LogP contribution in [0.4, 0.5) is 5.13 Å². The molecule has 3 aromatic carbocycles. The van der Waals surface area contributed by atoms with Gasteiger partial charge in [0.2, 0.25) is 0 Å². The molecule has 1 unspecified atom stereocenters. The lowest BCUT2D eigenvalue weighted by Crippen LogP contribution is -2.29. The molecule has 4 aromatic rings. The van der Waals surface area contributed by atoms with E-state index in [0.29, 0.717) is 44.2 Å². The van der Waals surface area contributed by atoms with Crippen LogP contribution in [0.15, 0.2) is 72.3 Å². The Morgan fingerprint density at radius 2 is 1.81 bits per heavy atom. The van der Waals surface area contributed by atoms with Crippen molar-refractivity contribution in [2.75, 3.05) is 11.5 Å². The first-order chi connectivity index (χ1) is 17.9. The normalized spacial score (nSPS) is 17.1. The number of aliphatic hydroxyl groups is 1. The zero-order valence-electron chi connectivity index (χ0n) is 19.8. The first-order valence-corrected chi connectivity index (χ1v) is 13.3. The number of rotatable bonds is 7. The summed E-state index contributed by atoms with van der Waals surface area (Å²) in [4.78, 5) is 32.8. The number of carbonyl (C=O) groups is 2. The predicted octanol–water partition coefficient (Wildman–Crippen LogP) is 7.41. The van der Waals surface area contributed by atoms with Gasteiger partial charge in [-0.15, -0.1) is 0 Å². The number of aromatic nitrogens is 1. The van der Waals surface area contributed by atoms with Gasteiger partial charge in [-0.3, -0.25) is 14.5 Å². The average Bonchev–Trinajstić information content (AvgIpc) is 3.42. The highest BCUT2D eigenvalue weighted by Gasteiger charge is 2.48. The van der Waals surface area contributed by atoms with Crippen molar-refractivity contribution in [2.45, 2.75) is 25.8 Å². The van der Waals surface area contributed by atoms with E-state index in [1.807, 2.05) is 6.07 Å². The van der Waals surface area contributed by atoms with Crippen LogP contribution in [0.1, 0.15) is 36.9 Å². The molecule has 0 saturated carbocycles. The molecule has 0 bridgehead atoms. The van der Waals surface area contributed by atoms with Crippen LogP contribution in [-0.4, -0.2) is 28.4 Å². The highest BCUT2D eigenvalue weighted by molar-refractivity contribution is 7.22. The van der Waals surface area contributed by atoms with Gasteiger partial charge in [-0.2, -0.15) is 0 Å². The van der Waals surface area contributed by atoms with E-state index in [2.05, 4.69) is 11.9 Å². The molecule has 1 atom stereocenters. The van der Waals surface area contributed by atoms with Crippen LogP contribution in [0.3, 0.4) is 0 Å². The molecule has 1 N–H and O–H groups in total. The third kappa shape index (κ3) is 4.94. The van der Waals surface area contributed by atoms with Gasteiger partial charge >= 0.3 is 5.91 Å². The number of benzene rings is 3. The Morgan fingerprint density at radius 3 is 2.57 bits per heavy atom. The van der Waals surface area contributed by atoms with Crippen molar-refractivity contribution in [3.05, 3.63) is 93.5 Å². The molecule has 1 aromatic heterocycles. The molecule has 1 aliphatic heterocycles. The van der Waals surface area contributed by atoms with Crippen LogP contribution in [0.2, 0.25) is 10.0 Å². The number of Topliss-reactive ketones (excluding diaryl/α,β-unsaturated/α-hetero) is 1. The van der Waals surface area contributed by atoms with Crippen molar-refractivity contribution in [3.63, 3.8) is 0 Å². The second-order valence-corrected chi connectivity index (χ2v) is 10.4. The Bertz CT molecular complexity index is 1530. The van der Waals surface area contributed by atoms with E-state index in [4.69, 9.17) is 27.9 Å². The summed E-state index contributed by atoms with van der Waals surface area (Å²) in [6, 6.07) is 18.0. The summed E-state index contributed by atoms with van der Waals surface area (Å²) in [5.74, 6) is -1.25. The topological polar surface area (TPSA) is 79.7 Å². The van der Waals surface area contributed by atoms with Crippen LogP contribution in [-0.2, 0) is 9.59 Å². The zero-order chi connectivity index (χ0) is 26.1. The maximum Gasteiger partial charge on any atom is 0.301 e. The summed E-state index contributed by atoms with van der Waals surface area (Å²) < 4.78 is 6.66. The minimum absolute atomic E-state index is 0.0321. The first-order valence-electron chi connectivity index (χ1n) is 11.7. The van der Waals surface area contributed by atoms with Crippen molar-refractivity contribution >= 4 is 67.3 Å². The second-order valence-electron chi connectivity index (χ2n) is 8.56. The number of nitrogens with zero attached hydrogens (tertiary/aromatic N) is 2. The lowest BCUT2D eigenvalue weighted by molar-refractivity contribution is -0.132. The average molecular weight is 553 g/mol. The second kappa shape index (κ2) is 10.5. The van der Waals surface area contributed by atoms with Gasteiger partial charge in [0.05, 0.1) is 28.4 Å². The van der Waals surface area contributed by atoms with Gasteiger partial charge in [0.15, 0.2) is 5.13 Å². The molecule has 6 nitrogen and oxygen atoms in total. The van der Waals surface area contributed by atoms with Gasteiger partial charge in [-0.1, -0.05) is 60.0 Å². The number of ketones is 1. The lowest BCUT2D eigenvalue weighted by Gasteiger charge is -2.23. The summed E-state index contributed by atoms with van der Waals surface area (Å²) >= 11 is 13.4. The summed E-state index contributed by atoms with van der Waals surface area (Å²) in [5.41, 5.74) is 1.61. The van der Waals surface area contributed by atoms with E-state index in [1.54, 1.807) is 60.7 Å². The van der Waals surface area contributed by atoms with E-state index in [0.717, 1.165) is 17.5 Å². The highest BCUT2D eigenvalue weighted by atomic mass is 35.5. The molecule has 1 amide bonds. The van der Waals surface area contributed by atoms with E-state index in [-0.39, 0.29) is 11.3 Å². The van der Waals surface area contributed by atoms with Crippen LogP contribution in [0, 0.1) is 0 Å². The van der Waals surface area contributed by atoms with Crippen molar-refractivity contribution in [2.24, 2.45) is 0 Å². The maximum absolute atomic E-state index is 13.4. The number of halogens is 2. The number of hydrogen-bond acceptors (Lipinski definition) is 6. The molecular formula is C28H22Cl2N2O4S. The number of thiazole rings is 1. The third-order valence-electron chi connectivity index (χ3n) is 6.05. The molecule has 2 heterocycles. The fourth-order valence-electron chi connectivity index (χ4n) is 4.21. The highest BCUT2D eigenvalue weighted by Crippen LogP contribution is 2.45. The first kappa shape index (κ1) is 25.3. The summed E-state index contributed by atoms with van der Waals surface area (Å²) in [6.45, 7) is 2.62. The van der Waals surface area contributed by atoms with Crippen molar-refractivity contribution in [1.29, 1.82) is 0 Å². The number of ether oxygens (including phenoxy) is 1. The Hall–Kier alpha value is -3.39. The molecule has 1 saturated heterocycles. The smallest absolute Gasteiger partial charge is 0.301 e. The molecule has 0 radical (unpaired) electrons. The van der Waals surface area contributed by atoms with Crippen LogP contribution < -0.4 is 9.64 Å². The molecule has 5 rings (SSSR count). The number of amides is 1. The minimum Gasteiger partial charge on any atom is -0.507 e. The standard InChI is InChI=1S/C28H22Cl2N2O4S/c1-2-3-13-36-20-6-4-5-17(14-20)24-23(25(33)16-7-9-18(29)10-8-16)26(34)27(35)32(24)28-31-21-12-11-19(30)15-22(21)37-28/h4-12,14-15,24,33H,2-3,13H2,1H3/b25-23+.